The molecule has 0 aliphatic rings. The lowest BCUT2D eigenvalue weighted by Crippen LogP contribution is -2.30. The second-order valence-corrected chi connectivity index (χ2v) is 4.26. The third kappa shape index (κ3) is 3.37. The number of carbonyl (C=O) groups excluding carboxylic acids is 1. The number of nitrogens with one attached hydrogen (secondary N) is 1. The molecular weight excluding hydrogens is 242 g/mol. The van der Waals surface area contributed by atoms with Crippen LogP contribution >= 0.6 is 0 Å². The average molecular weight is 259 g/mol. The Morgan fingerprint density at radius 3 is 2.84 bits per heavy atom. The fraction of sp³-hybridized carbons (Fsp3) is 0.385. The largest absolute Gasteiger partial charge is 0.346 e. The van der Waals surface area contributed by atoms with E-state index in [1.54, 1.807) is 17.1 Å². The summed E-state index contributed by atoms with van der Waals surface area (Å²) < 4.78 is 1.78. The molecule has 0 aliphatic carbocycles. The molecule has 0 saturated heterocycles. The predicted molar refractivity (Wildman–Crippen MR) is 70.2 cm³/mol. The molecule has 0 bridgehead atoms. The molecule has 19 heavy (non-hydrogen) atoms. The van der Waals surface area contributed by atoms with Gasteiger partial charge in [-0.25, -0.2) is 9.67 Å². The predicted octanol–water partition coefficient (Wildman–Crippen LogP) is 1.11. The highest BCUT2D eigenvalue weighted by Crippen LogP contribution is 2.08. The molecular formula is C13H17N5O. The number of aryl methyl sites for hydroxylation is 1. The fourth-order valence-electron chi connectivity index (χ4n) is 1.90. The van der Waals surface area contributed by atoms with Gasteiger partial charge >= 0.3 is 0 Å². The Balaban J connectivity index is 1.96. The van der Waals surface area contributed by atoms with Crippen LogP contribution in [0, 0.1) is 0 Å². The average Bonchev–Trinajstić information content (AvgIpc) is 2.88. The SMILES string of the molecule is CCn1ncnc1[C@@H](C)NC(=O)Cc1ccncc1. The lowest BCUT2D eigenvalue weighted by Gasteiger charge is -2.13. The van der Waals surface area contributed by atoms with E-state index in [4.69, 9.17) is 0 Å². The van der Waals surface area contributed by atoms with Gasteiger partial charge in [-0.1, -0.05) is 0 Å². The van der Waals surface area contributed by atoms with Gasteiger partial charge in [0.25, 0.3) is 0 Å². The summed E-state index contributed by atoms with van der Waals surface area (Å²) in [6.07, 6.45) is 5.21. The van der Waals surface area contributed by atoms with Crippen LogP contribution in [0.15, 0.2) is 30.9 Å². The lowest BCUT2D eigenvalue weighted by atomic mass is 10.2. The maximum Gasteiger partial charge on any atom is 0.225 e. The van der Waals surface area contributed by atoms with Crippen LogP contribution in [0.2, 0.25) is 0 Å². The number of nitrogens with zero attached hydrogens (tertiary/aromatic N) is 4. The maximum absolute atomic E-state index is 11.9. The number of carbonyl (C=O) groups is 1. The molecule has 0 unspecified atom stereocenters. The molecule has 2 aromatic rings. The monoisotopic (exact) mass is 259 g/mol. The van der Waals surface area contributed by atoms with Crippen LogP contribution in [0.5, 0.6) is 0 Å². The van der Waals surface area contributed by atoms with Crippen LogP contribution < -0.4 is 5.32 Å². The summed E-state index contributed by atoms with van der Waals surface area (Å²) in [5.41, 5.74) is 0.941. The van der Waals surface area contributed by atoms with E-state index in [0.29, 0.717) is 6.42 Å². The van der Waals surface area contributed by atoms with Gasteiger partial charge in [-0.3, -0.25) is 9.78 Å². The summed E-state index contributed by atoms with van der Waals surface area (Å²) in [6.45, 7) is 4.63. The Morgan fingerprint density at radius 1 is 1.42 bits per heavy atom. The summed E-state index contributed by atoms with van der Waals surface area (Å²) in [7, 11) is 0. The molecule has 2 aromatic heterocycles. The highest BCUT2D eigenvalue weighted by molar-refractivity contribution is 5.78. The smallest absolute Gasteiger partial charge is 0.225 e. The summed E-state index contributed by atoms with van der Waals surface area (Å²) in [6, 6.07) is 3.51. The van der Waals surface area contributed by atoms with Crippen molar-refractivity contribution < 1.29 is 4.79 Å². The van der Waals surface area contributed by atoms with Gasteiger partial charge in [-0.2, -0.15) is 5.10 Å². The van der Waals surface area contributed by atoms with Gasteiger partial charge in [0, 0.05) is 18.9 Å². The number of rotatable bonds is 5. The first kappa shape index (κ1) is 13.2. The molecule has 0 spiro atoms. The van der Waals surface area contributed by atoms with Crippen molar-refractivity contribution in [3.8, 4) is 0 Å². The first-order valence-corrected chi connectivity index (χ1v) is 6.26. The van der Waals surface area contributed by atoms with Crippen LogP contribution in [-0.4, -0.2) is 25.7 Å². The molecule has 1 amide bonds. The molecule has 6 nitrogen and oxygen atoms in total. The molecule has 2 rings (SSSR count). The van der Waals surface area contributed by atoms with E-state index in [1.165, 1.54) is 6.33 Å². The Kier molecular flexibility index (Phi) is 4.22. The van der Waals surface area contributed by atoms with Crippen LogP contribution in [0.25, 0.3) is 0 Å². The highest BCUT2D eigenvalue weighted by Gasteiger charge is 2.14. The maximum atomic E-state index is 11.9. The van der Waals surface area contributed by atoms with Crippen LogP contribution in [0.4, 0.5) is 0 Å². The minimum atomic E-state index is -0.156. The van der Waals surface area contributed by atoms with E-state index in [1.807, 2.05) is 26.0 Å². The number of amides is 1. The van der Waals surface area contributed by atoms with Crippen molar-refractivity contribution in [3.05, 3.63) is 42.2 Å². The zero-order chi connectivity index (χ0) is 13.7. The lowest BCUT2D eigenvalue weighted by molar-refractivity contribution is -0.121. The number of pyridine rings is 1. The van der Waals surface area contributed by atoms with Crippen molar-refractivity contribution in [1.29, 1.82) is 0 Å². The molecule has 0 radical (unpaired) electrons. The fourth-order valence-corrected chi connectivity index (χ4v) is 1.90. The molecule has 1 atom stereocenters. The molecule has 2 heterocycles. The summed E-state index contributed by atoms with van der Waals surface area (Å²) >= 11 is 0. The van der Waals surface area contributed by atoms with Crippen molar-refractivity contribution in [2.45, 2.75) is 32.9 Å². The molecule has 100 valence electrons. The number of hydrogen-bond donors (Lipinski definition) is 1. The quantitative estimate of drug-likeness (QED) is 0.873. The second-order valence-electron chi connectivity index (χ2n) is 4.26. The third-order valence-electron chi connectivity index (χ3n) is 2.82. The van der Waals surface area contributed by atoms with Crippen molar-refractivity contribution in [2.24, 2.45) is 0 Å². The zero-order valence-electron chi connectivity index (χ0n) is 11.1. The second kappa shape index (κ2) is 6.08. The molecule has 0 aliphatic heterocycles. The van der Waals surface area contributed by atoms with Crippen molar-refractivity contribution >= 4 is 5.91 Å². The van der Waals surface area contributed by atoms with E-state index >= 15 is 0 Å². The Hall–Kier alpha value is -2.24. The van der Waals surface area contributed by atoms with Gasteiger partial charge in [0.1, 0.15) is 12.2 Å². The van der Waals surface area contributed by atoms with Gasteiger partial charge in [0.05, 0.1) is 12.5 Å². The van der Waals surface area contributed by atoms with E-state index in [-0.39, 0.29) is 11.9 Å². The molecule has 0 aromatic carbocycles. The van der Waals surface area contributed by atoms with E-state index < -0.39 is 0 Å². The third-order valence-corrected chi connectivity index (χ3v) is 2.82. The van der Waals surface area contributed by atoms with E-state index in [9.17, 15) is 4.79 Å². The van der Waals surface area contributed by atoms with Crippen LogP contribution in [0.1, 0.15) is 31.3 Å². The highest BCUT2D eigenvalue weighted by atomic mass is 16.1. The molecule has 6 heteroatoms. The van der Waals surface area contributed by atoms with Gasteiger partial charge < -0.3 is 5.32 Å². The van der Waals surface area contributed by atoms with Crippen molar-refractivity contribution in [1.82, 2.24) is 25.1 Å². The molecule has 0 fully saturated rings. The van der Waals surface area contributed by atoms with Crippen molar-refractivity contribution in [2.75, 3.05) is 0 Å². The molecule has 1 N–H and O–H groups in total. The Labute approximate surface area is 111 Å². The standard InChI is InChI=1S/C13H17N5O/c1-3-18-13(15-9-16-18)10(2)17-12(19)8-11-4-6-14-7-5-11/h4-7,9-10H,3,8H2,1-2H3,(H,17,19)/t10-/m1/s1. The number of hydrogen-bond acceptors (Lipinski definition) is 4. The first-order valence-electron chi connectivity index (χ1n) is 6.26. The Bertz CT molecular complexity index is 537. The van der Waals surface area contributed by atoms with Gasteiger partial charge in [-0.15, -0.1) is 0 Å². The topological polar surface area (TPSA) is 72.7 Å². The Morgan fingerprint density at radius 2 is 2.16 bits per heavy atom. The molecule has 0 saturated carbocycles. The van der Waals surface area contributed by atoms with Gasteiger partial charge in [0.2, 0.25) is 5.91 Å². The van der Waals surface area contributed by atoms with Crippen LogP contribution in [-0.2, 0) is 17.8 Å². The van der Waals surface area contributed by atoms with Crippen molar-refractivity contribution in [3.63, 3.8) is 0 Å². The summed E-state index contributed by atoms with van der Waals surface area (Å²) in [4.78, 5) is 20.0. The number of aromatic nitrogens is 4. The van der Waals surface area contributed by atoms with Gasteiger partial charge in [0.15, 0.2) is 0 Å². The van der Waals surface area contributed by atoms with E-state index in [2.05, 4.69) is 20.4 Å². The summed E-state index contributed by atoms with van der Waals surface area (Å²) in [5, 5.41) is 7.02. The summed E-state index contributed by atoms with van der Waals surface area (Å²) in [5.74, 6) is 0.731. The van der Waals surface area contributed by atoms with E-state index in [0.717, 1.165) is 17.9 Å². The minimum absolute atomic E-state index is 0.0376. The minimum Gasteiger partial charge on any atom is -0.346 e. The van der Waals surface area contributed by atoms with Gasteiger partial charge in [-0.05, 0) is 31.5 Å². The first-order chi connectivity index (χ1) is 9.20. The van der Waals surface area contributed by atoms with Crippen LogP contribution in [0.3, 0.4) is 0 Å². The normalized spacial score (nSPS) is 12.1. The zero-order valence-corrected chi connectivity index (χ0v) is 11.1.